The Balaban J connectivity index is 2.76. The van der Waals surface area contributed by atoms with Crippen LogP contribution in [0.1, 0.15) is 19.4 Å². The van der Waals surface area contributed by atoms with Crippen LogP contribution in [-0.4, -0.2) is 31.9 Å². The molecular weight excluding hydrogens is 248 g/mol. The summed E-state index contributed by atoms with van der Waals surface area (Å²) in [6.07, 6.45) is 0. The van der Waals surface area contributed by atoms with Gasteiger partial charge in [-0.2, -0.15) is 0 Å². The molecule has 0 aliphatic heterocycles. The van der Waals surface area contributed by atoms with Gasteiger partial charge in [0, 0.05) is 30.8 Å². The van der Waals surface area contributed by atoms with Crippen LogP contribution in [0, 0.1) is 5.92 Å². The average Bonchev–Trinajstić information content (AvgIpc) is 2.31. The predicted molar refractivity (Wildman–Crippen MR) is 78.4 cm³/mol. The molecule has 0 bridgehead atoms. The highest BCUT2D eigenvalue weighted by molar-refractivity contribution is 6.30. The van der Waals surface area contributed by atoms with Crippen LogP contribution in [-0.2, 0) is 6.54 Å². The van der Waals surface area contributed by atoms with E-state index in [1.165, 1.54) is 5.56 Å². The van der Waals surface area contributed by atoms with Crippen molar-refractivity contribution in [2.75, 3.05) is 31.6 Å². The fourth-order valence-electron chi connectivity index (χ4n) is 1.81. The maximum atomic E-state index is 9.02. The minimum absolute atomic E-state index is 0.141. The van der Waals surface area contributed by atoms with E-state index in [9.17, 15) is 0 Å². The number of hydrogen-bond acceptors (Lipinski definition) is 3. The zero-order valence-corrected chi connectivity index (χ0v) is 12.2. The molecule has 102 valence electrons. The molecule has 0 radical (unpaired) electrons. The van der Waals surface area contributed by atoms with Gasteiger partial charge in [-0.1, -0.05) is 31.5 Å². The lowest BCUT2D eigenvalue weighted by Crippen LogP contribution is -2.25. The van der Waals surface area contributed by atoms with Crippen LogP contribution in [0.3, 0.4) is 0 Å². The standard InChI is InChI=1S/C14H23ClN2O/c1-11(2)9-16-10-12-4-5-13(15)8-14(12)17(3)6-7-18/h4-5,8,11,16,18H,6-7,9-10H2,1-3H3. The van der Waals surface area contributed by atoms with Gasteiger partial charge in [0.2, 0.25) is 0 Å². The van der Waals surface area contributed by atoms with E-state index in [4.69, 9.17) is 16.7 Å². The molecule has 0 heterocycles. The van der Waals surface area contributed by atoms with E-state index < -0.39 is 0 Å². The molecule has 1 aromatic carbocycles. The molecule has 0 unspecified atom stereocenters. The SMILES string of the molecule is CC(C)CNCc1ccc(Cl)cc1N(C)CCO. The highest BCUT2D eigenvalue weighted by atomic mass is 35.5. The van der Waals surface area contributed by atoms with Crippen LogP contribution in [0.15, 0.2) is 18.2 Å². The molecule has 3 nitrogen and oxygen atoms in total. The van der Waals surface area contributed by atoms with Crippen molar-refractivity contribution in [2.45, 2.75) is 20.4 Å². The summed E-state index contributed by atoms with van der Waals surface area (Å²) in [5.74, 6) is 0.635. The molecule has 2 N–H and O–H groups in total. The van der Waals surface area contributed by atoms with E-state index in [1.54, 1.807) is 0 Å². The Morgan fingerprint density at radius 2 is 2.11 bits per heavy atom. The normalized spacial score (nSPS) is 11.0. The molecular formula is C14H23ClN2O. The summed E-state index contributed by atoms with van der Waals surface area (Å²) >= 11 is 6.04. The Bertz CT molecular complexity index is 369. The Hall–Kier alpha value is -0.770. The van der Waals surface area contributed by atoms with Crippen molar-refractivity contribution in [3.8, 4) is 0 Å². The van der Waals surface area contributed by atoms with Crippen molar-refractivity contribution < 1.29 is 5.11 Å². The van der Waals surface area contributed by atoms with Crippen molar-refractivity contribution >= 4 is 17.3 Å². The minimum atomic E-state index is 0.141. The van der Waals surface area contributed by atoms with Crippen molar-refractivity contribution in [3.05, 3.63) is 28.8 Å². The maximum absolute atomic E-state index is 9.02. The summed E-state index contributed by atoms with van der Waals surface area (Å²) < 4.78 is 0. The number of hydrogen-bond donors (Lipinski definition) is 2. The number of benzene rings is 1. The first-order valence-corrected chi connectivity index (χ1v) is 6.73. The topological polar surface area (TPSA) is 35.5 Å². The van der Waals surface area contributed by atoms with Gasteiger partial charge in [0.1, 0.15) is 0 Å². The zero-order valence-electron chi connectivity index (χ0n) is 11.4. The molecule has 0 saturated carbocycles. The average molecular weight is 271 g/mol. The highest BCUT2D eigenvalue weighted by Gasteiger charge is 2.08. The number of aliphatic hydroxyl groups is 1. The van der Waals surface area contributed by atoms with Gasteiger partial charge in [-0.3, -0.25) is 0 Å². The second-order valence-electron chi connectivity index (χ2n) is 4.94. The van der Waals surface area contributed by atoms with Crippen molar-refractivity contribution in [3.63, 3.8) is 0 Å². The smallest absolute Gasteiger partial charge is 0.0606 e. The largest absolute Gasteiger partial charge is 0.395 e. The first-order valence-electron chi connectivity index (χ1n) is 6.35. The first kappa shape index (κ1) is 15.3. The number of aliphatic hydroxyl groups excluding tert-OH is 1. The van der Waals surface area contributed by atoms with Gasteiger partial charge < -0.3 is 15.3 Å². The molecule has 4 heteroatoms. The Morgan fingerprint density at radius 1 is 1.39 bits per heavy atom. The summed E-state index contributed by atoms with van der Waals surface area (Å²) in [4.78, 5) is 2.03. The Kier molecular flexibility index (Phi) is 6.47. The van der Waals surface area contributed by atoms with E-state index >= 15 is 0 Å². The van der Waals surface area contributed by atoms with E-state index in [2.05, 4.69) is 19.2 Å². The van der Waals surface area contributed by atoms with Crippen LogP contribution < -0.4 is 10.2 Å². The van der Waals surface area contributed by atoms with E-state index in [0.717, 1.165) is 23.8 Å². The Morgan fingerprint density at radius 3 is 2.72 bits per heavy atom. The summed E-state index contributed by atoms with van der Waals surface area (Å²) in [6, 6.07) is 5.90. The fourth-order valence-corrected chi connectivity index (χ4v) is 1.97. The number of nitrogens with zero attached hydrogens (tertiary/aromatic N) is 1. The fraction of sp³-hybridized carbons (Fsp3) is 0.571. The summed E-state index contributed by atoms with van der Waals surface area (Å²) in [5.41, 5.74) is 2.28. The summed E-state index contributed by atoms with van der Waals surface area (Å²) in [6.45, 7) is 6.94. The lowest BCUT2D eigenvalue weighted by atomic mass is 10.1. The third-order valence-corrected chi connectivity index (χ3v) is 3.00. The molecule has 18 heavy (non-hydrogen) atoms. The monoisotopic (exact) mass is 270 g/mol. The number of likely N-dealkylation sites (N-methyl/N-ethyl adjacent to an activating group) is 1. The highest BCUT2D eigenvalue weighted by Crippen LogP contribution is 2.24. The summed E-state index contributed by atoms with van der Waals surface area (Å²) in [5, 5.41) is 13.2. The van der Waals surface area contributed by atoms with E-state index in [1.807, 2.05) is 30.1 Å². The van der Waals surface area contributed by atoms with Crippen LogP contribution in [0.2, 0.25) is 5.02 Å². The van der Waals surface area contributed by atoms with Gasteiger partial charge in [0.15, 0.2) is 0 Å². The lowest BCUT2D eigenvalue weighted by Gasteiger charge is -2.22. The molecule has 0 spiro atoms. The Labute approximate surface area is 115 Å². The number of nitrogens with one attached hydrogen (secondary N) is 1. The van der Waals surface area contributed by atoms with Crippen LogP contribution in [0.4, 0.5) is 5.69 Å². The first-order chi connectivity index (χ1) is 8.54. The molecule has 0 saturated heterocycles. The van der Waals surface area contributed by atoms with Crippen molar-refractivity contribution in [2.24, 2.45) is 5.92 Å². The third-order valence-electron chi connectivity index (χ3n) is 2.76. The van der Waals surface area contributed by atoms with Gasteiger partial charge in [-0.25, -0.2) is 0 Å². The van der Waals surface area contributed by atoms with Gasteiger partial charge in [0.05, 0.1) is 6.61 Å². The zero-order chi connectivity index (χ0) is 13.5. The number of rotatable bonds is 7. The van der Waals surface area contributed by atoms with Crippen LogP contribution >= 0.6 is 11.6 Å². The third kappa shape index (κ3) is 4.84. The molecule has 1 rings (SSSR count). The van der Waals surface area contributed by atoms with Gasteiger partial charge in [0.25, 0.3) is 0 Å². The predicted octanol–water partition coefficient (Wildman–Crippen LogP) is 2.51. The molecule has 0 atom stereocenters. The quantitative estimate of drug-likeness (QED) is 0.799. The van der Waals surface area contributed by atoms with Crippen molar-refractivity contribution in [1.29, 1.82) is 0 Å². The summed E-state index contributed by atoms with van der Waals surface area (Å²) in [7, 11) is 1.97. The molecule has 0 aliphatic rings. The van der Waals surface area contributed by atoms with E-state index in [-0.39, 0.29) is 6.61 Å². The van der Waals surface area contributed by atoms with E-state index in [0.29, 0.717) is 12.5 Å². The molecule has 0 amide bonds. The second-order valence-corrected chi connectivity index (χ2v) is 5.38. The number of anilines is 1. The second kappa shape index (κ2) is 7.62. The minimum Gasteiger partial charge on any atom is -0.395 e. The molecule has 0 fully saturated rings. The number of halogens is 1. The van der Waals surface area contributed by atoms with Crippen molar-refractivity contribution in [1.82, 2.24) is 5.32 Å². The van der Waals surface area contributed by atoms with Crippen LogP contribution in [0.5, 0.6) is 0 Å². The van der Waals surface area contributed by atoms with Gasteiger partial charge in [-0.05, 0) is 30.2 Å². The van der Waals surface area contributed by atoms with Gasteiger partial charge >= 0.3 is 0 Å². The maximum Gasteiger partial charge on any atom is 0.0606 e. The molecule has 0 aromatic heterocycles. The molecule has 1 aromatic rings. The van der Waals surface area contributed by atoms with Gasteiger partial charge in [-0.15, -0.1) is 0 Å². The molecule has 0 aliphatic carbocycles. The lowest BCUT2D eigenvalue weighted by molar-refractivity contribution is 0.304. The van der Waals surface area contributed by atoms with Crippen LogP contribution in [0.25, 0.3) is 0 Å².